The molecule has 0 aromatic rings. The van der Waals surface area contributed by atoms with Crippen LogP contribution in [0.3, 0.4) is 0 Å². The number of nitrogens with one attached hydrogen (secondary N) is 1. The van der Waals surface area contributed by atoms with Crippen LogP contribution in [-0.2, 0) is 0 Å². The molecular formula is C10H18N2O2S. The van der Waals surface area contributed by atoms with Crippen molar-refractivity contribution in [2.24, 2.45) is 0 Å². The molecule has 86 valence electrons. The predicted molar refractivity (Wildman–Crippen MR) is 62.7 cm³/mol. The predicted octanol–water partition coefficient (Wildman–Crippen LogP) is 1.33. The Morgan fingerprint density at radius 3 is 2.80 bits per heavy atom. The van der Waals surface area contributed by atoms with Gasteiger partial charge in [0.25, 0.3) is 0 Å². The SMILES string of the molecule is CC1=C(C)C(N(S)C(=O)NCCO)CC1. The van der Waals surface area contributed by atoms with Gasteiger partial charge in [-0.1, -0.05) is 24.0 Å². The molecule has 15 heavy (non-hydrogen) atoms. The highest BCUT2D eigenvalue weighted by molar-refractivity contribution is 7.78. The first-order chi connectivity index (χ1) is 7.07. The summed E-state index contributed by atoms with van der Waals surface area (Å²) in [4.78, 5) is 11.5. The molecule has 0 spiro atoms. The van der Waals surface area contributed by atoms with E-state index in [1.807, 2.05) is 6.92 Å². The molecular weight excluding hydrogens is 212 g/mol. The Bertz CT molecular complexity index is 279. The van der Waals surface area contributed by atoms with E-state index in [1.54, 1.807) is 0 Å². The molecule has 1 aliphatic carbocycles. The van der Waals surface area contributed by atoms with Gasteiger partial charge in [0.1, 0.15) is 0 Å². The minimum atomic E-state index is -0.244. The number of hydrogen-bond donors (Lipinski definition) is 3. The molecule has 1 aliphatic rings. The maximum atomic E-state index is 11.5. The number of urea groups is 1. The molecule has 0 saturated heterocycles. The van der Waals surface area contributed by atoms with Crippen molar-refractivity contribution in [3.8, 4) is 0 Å². The fraction of sp³-hybridized carbons (Fsp3) is 0.700. The maximum Gasteiger partial charge on any atom is 0.327 e. The molecule has 0 radical (unpaired) electrons. The first kappa shape index (κ1) is 12.4. The molecule has 0 aromatic carbocycles. The van der Waals surface area contributed by atoms with Crippen LogP contribution in [0.15, 0.2) is 11.1 Å². The highest BCUT2D eigenvalue weighted by atomic mass is 32.1. The molecule has 4 nitrogen and oxygen atoms in total. The van der Waals surface area contributed by atoms with Gasteiger partial charge in [-0.15, -0.1) is 0 Å². The molecule has 0 bridgehead atoms. The van der Waals surface area contributed by atoms with E-state index in [4.69, 9.17) is 5.11 Å². The molecule has 2 amide bonds. The van der Waals surface area contributed by atoms with Gasteiger partial charge >= 0.3 is 6.03 Å². The fourth-order valence-electron chi connectivity index (χ4n) is 1.74. The molecule has 0 aliphatic heterocycles. The molecule has 0 heterocycles. The van der Waals surface area contributed by atoms with Gasteiger partial charge in [-0.3, -0.25) is 4.31 Å². The van der Waals surface area contributed by atoms with Gasteiger partial charge in [0.15, 0.2) is 0 Å². The van der Waals surface area contributed by atoms with Crippen LogP contribution in [0.25, 0.3) is 0 Å². The molecule has 1 rings (SSSR count). The summed E-state index contributed by atoms with van der Waals surface area (Å²) < 4.78 is 1.42. The van der Waals surface area contributed by atoms with Crippen molar-refractivity contribution >= 4 is 18.8 Å². The maximum absolute atomic E-state index is 11.5. The van der Waals surface area contributed by atoms with E-state index in [-0.39, 0.29) is 25.2 Å². The van der Waals surface area contributed by atoms with Gasteiger partial charge in [-0.25, -0.2) is 4.79 Å². The van der Waals surface area contributed by atoms with Gasteiger partial charge in [0.05, 0.1) is 12.6 Å². The quantitative estimate of drug-likeness (QED) is 0.506. The number of carbonyl (C=O) groups excluding carboxylic acids is 1. The van der Waals surface area contributed by atoms with Crippen LogP contribution < -0.4 is 5.32 Å². The summed E-state index contributed by atoms with van der Waals surface area (Å²) in [5.74, 6) is 0. The van der Waals surface area contributed by atoms with Crippen LogP contribution in [0, 0.1) is 0 Å². The number of carbonyl (C=O) groups is 1. The van der Waals surface area contributed by atoms with Gasteiger partial charge in [0, 0.05) is 6.54 Å². The second-order valence-electron chi connectivity index (χ2n) is 3.82. The molecule has 5 heteroatoms. The highest BCUT2D eigenvalue weighted by Crippen LogP contribution is 2.30. The normalized spacial score (nSPS) is 20.7. The number of amides is 2. The second kappa shape index (κ2) is 5.42. The third-order valence-corrected chi connectivity index (χ3v) is 3.32. The summed E-state index contributed by atoms with van der Waals surface area (Å²) in [7, 11) is 0. The fourth-order valence-corrected chi connectivity index (χ4v) is 2.10. The van der Waals surface area contributed by atoms with Crippen molar-refractivity contribution in [3.05, 3.63) is 11.1 Å². The standard InChI is InChI=1S/C10H18N2O2S/c1-7-3-4-9(8(7)2)12(15)10(14)11-5-6-13/h9,13,15H,3-6H2,1-2H3,(H,11,14). The third-order valence-electron chi connectivity index (χ3n) is 2.86. The molecule has 1 unspecified atom stereocenters. The number of thiol groups is 1. The van der Waals surface area contributed by atoms with E-state index in [1.165, 1.54) is 15.5 Å². The average molecular weight is 230 g/mol. The Kier molecular flexibility index (Phi) is 4.47. The Morgan fingerprint density at radius 2 is 2.33 bits per heavy atom. The molecule has 0 fully saturated rings. The number of rotatable bonds is 3. The van der Waals surface area contributed by atoms with Crippen LogP contribution in [0.2, 0.25) is 0 Å². The molecule has 1 atom stereocenters. The van der Waals surface area contributed by atoms with E-state index < -0.39 is 0 Å². The van der Waals surface area contributed by atoms with Crippen molar-refractivity contribution in [2.45, 2.75) is 32.7 Å². The van der Waals surface area contributed by atoms with Crippen LogP contribution in [0.5, 0.6) is 0 Å². The third kappa shape index (κ3) is 2.89. The van der Waals surface area contributed by atoms with Crippen molar-refractivity contribution in [3.63, 3.8) is 0 Å². The number of allylic oxidation sites excluding steroid dienone is 1. The largest absolute Gasteiger partial charge is 0.395 e. The topological polar surface area (TPSA) is 52.6 Å². The smallest absolute Gasteiger partial charge is 0.327 e. The summed E-state index contributed by atoms with van der Waals surface area (Å²) in [5.41, 5.74) is 2.57. The zero-order valence-electron chi connectivity index (χ0n) is 9.16. The number of aliphatic hydroxyl groups is 1. The van der Waals surface area contributed by atoms with Gasteiger partial charge in [0.2, 0.25) is 0 Å². The summed E-state index contributed by atoms with van der Waals surface area (Å²) >= 11 is 4.20. The Morgan fingerprint density at radius 1 is 1.67 bits per heavy atom. The van der Waals surface area contributed by atoms with Crippen LogP contribution >= 0.6 is 12.8 Å². The van der Waals surface area contributed by atoms with Crippen molar-refractivity contribution in [2.75, 3.05) is 13.2 Å². The first-order valence-electron chi connectivity index (χ1n) is 5.11. The number of nitrogens with zero attached hydrogens (tertiary/aromatic N) is 1. The van der Waals surface area contributed by atoms with Crippen LogP contribution in [0.1, 0.15) is 26.7 Å². The number of hydrogen-bond acceptors (Lipinski definition) is 3. The van der Waals surface area contributed by atoms with E-state index in [9.17, 15) is 4.79 Å². The molecule has 0 aromatic heterocycles. The van der Waals surface area contributed by atoms with E-state index >= 15 is 0 Å². The lowest BCUT2D eigenvalue weighted by atomic mass is 10.1. The lowest BCUT2D eigenvalue weighted by Gasteiger charge is -2.24. The van der Waals surface area contributed by atoms with E-state index in [0.29, 0.717) is 0 Å². The Hall–Kier alpha value is -0.680. The van der Waals surface area contributed by atoms with Crippen LogP contribution in [-0.4, -0.2) is 34.6 Å². The van der Waals surface area contributed by atoms with E-state index in [2.05, 4.69) is 25.1 Å². The van der Waals surface area contributed by atoms with E-state index in [0.717, 1.165) is 12.8 Å². The van der Waals surface area contributed by atoms with Gasteiger partial charge in [-0.2, -0.15) is 0 Å². The minimum absolute atomic E-state index is 0.0497. The summed E-state index contributed by atoms with van der Waals surface area (Å²) in [6, 6.07) is -0.154. The summed E-state index contributed by atoms with van der Waals surface area (Å²) in [6.07, 6.45) is 1.97. The zero-order chi connectivity index (χ0) is 11.4. The Balaban J connectivity index is 2.54. The first-order valence-corrected chi connectivity index (χ1v) is 5.51. The Labute approximate surface area is 95.9 Å². The van der Waals surface area contributed by atoms with Crippen molar-refractivity contribution in [1.29, 1.82) is 0 Å². The molecule has 2 N–H and O–H groups in total. The monoisotopic (exact) mass is 230 g/mol. The summed E-state index contributed by atoms with van der Waals surface area (Å²) in [6.45, 7) is 4.34. The zero-order valence-corrected chi connectivity index (χ0v) is 10.1. The summed E-state index contributed by atoms with van der Waals surface area (Å²) in [5, 5.41) is 11.2. The average Bonchev–Trinajstić information content (AvgIpc) is 2.55. The van der Waals surface area contributed by atoms with Crippen LogP contribution in [0.4, 0.5) is 4.79 Å². The van der Waals surface area contributed by atoms with Gasteiger partial charge < -0.3 is 10.4 Å². The number of aliphatic hydroxyl groups excluding tert-OH is 1. The van der Waals surface area contributed by atoms with Crippen molar-refractivity contribution < 1.29 is 9.90 Å². The van der Waals surface area contributed by atoms with Gasteiger partial charge in [-0.05, 0) is 26.7 Å². The van der Waals surface area contributed by atoms with Crippen molar-refractivity contribution in [1.82, 2.24) is 9.62 Å². The lowest BCUT2D eigenvalue weighted by molar-refractivity contribution is 0.214. The minimum Gasteiger partial charge on any atom is -0.395 e. The highest BCUT2D eigenvalue weighted by Gasteiger charge is 2.27. The second-order valence-corrected chi connectivity index (χ2v) is 4.25. The molecule has 0 saturated carbocycles. The lowest BCUT2D eigenvalue weighted by Crippen LogP contribution is -2.41.